The monoisotopic (exact) mass is 498 g/mol. The molecular weight excluding hydrogens is 452 g/mol. The fourth-order valence-electron chi connectivity index (χ4n) is 3.75. The van der Waals surface area contributed by atoms with Gasteiger partial charge in [-0.3, -0.25) is 19.8 Å². The highest BCUT2D eigenvalue weighted by Gasteiger charge is 2.21. The topological polar surface area (TPSA) is 190 Å². The summed E-state index contributed by atoms with van der Waals surface area (Å²) in [5.41, 5.74) is 0. The lowest BCUT2D eigenvalue weighted by Gasteiger charge is -2.17. The molecule has 0 spiro atoms. The number of hydrogen-bond donors (Lipinski definition) is 6. The van der Waals surface area contributed by atoms with Crippen molar-refractivity contribution < 1.29 is 24.6 Å². The lowest BCUT2D eigenvalue weighted by atomic mass is 10.0. The van der Waals surface area contributed by atoms with Crippen molar-refractivity contribution in [2.24, 2.45) is 16.2 Å². The zero-order valence-corrected chi connectivity index (χ0v) is 21.1. The Balaban J connectivity index is 3.66. The zero-order valence-electron chi connectivity index (χ0n) is 21.1. The van der Waals surface area contributed by atoms with E-state index in [2.05, 4.69) is 21.0 Å². The average molecular weight is 499 g/mol. The Morgan fingerprint density at radius 3 is 1.74 bits per heavy atom. The molecule has 0 aliphatic heterocycles. The summed E-state index contributed by atoms with van der Waals surface area (Å²) in [5, 5.41) is 36.8. The number of carbonyl (C=O) groups excluding carboxylic acids is 2. The van der Waals surface area contributed by atoms with Crippen molar-refractivity contribution in [3.05, 3.63) is 0 Å². The van der Waals surface area contributed by atoms with Crippen molar-refractivity contribution >= 4 is 23.6 Å². The largest absolute Gasteiger partial charge is 0.481 e. The van der Waals surface area contributed by atoms with E-state index in [-0.39, 0.29) is 37.7 Å². The van der Waals surface area contributed by atoms with Gasteiger partial charge in [0.25, 0.3) is 0 Å². The maximum atomic E-state index is 12.1. The number of aliphatic hydroxyl groups excluding tert-OH is 1. The molecule has 11 nitrogen and oxygen atoms in total. The van der Waals surface area contributed by atoms with Gasteiger partial charge in [0, 0.05) is 25.8 Å². The quantitative estimate of drug-likeness (QED) is 0.0311. The number of carboxylic acid groups (broad SMARTS) is 1. The lowest BCUT2D eigenvalue weighted by Crippen LogP contribution is -2.47. The Morgan fingerprint density at radius 1 is 0.800 bits per heavy atom. The first kappa shape index (κ1) is 32.4. The van der Waals surface area contributed by atoms with E-state index in [1.54, 1.807) is 0 Å². The highest BCUT2D eigenvalue weighted by molar-refractivity contribution is 5.88. The van der Waals surface area contributed by atoms with Crippen LogP contribution in [0.4, 0.5) is 0 Å². The van der Waals surface area contributed by atoms with Gasteiger partial charge in [0.15, 0.2) is 0 Å². The smallest absolute Gasteiger partial charge is 0.303 e. The van der Waals surface area contributed by atoms with E-state index in [9.17, 15) is 14.4 Å². The van der Waals surface area contributed by atoms with E-state index in [1.807, 2.05) is 0 Å². The second-order valence-corrected chi connectivity index (χ2v) is 8.83. The number of carbonyl (C=O) groups is 3. The first-order chi connectivity index (χ1) is 16.9. The molecule has 0 aliphatic carbocycles. The molecule has 0 heterocycles. The molecule has 11 heteroatoms. The number of aliphatic carboxylic acids is 1. The highest BCUT2D eigenvalue weighted by Crippen LogP contribution is 2.13. The molecule has 7 N–H and O–H groups in total. The SMILES string of the molecule is N=C(CCCCCCCCCCCCCCCC(=O)N[C@@H](CCC(=O)O)C(=O)NCCO)N=NN. The summed E-state index contributed by atoms with van der Waals surface area (Å²) in [7, 11) is 0. The van der Waals surface area contributed by atoms with Crippen LogP contribution in [-0.2, 0) is 14.4 Å². The van der Waals surface area contributed by atoms with Crippen molar-refractivity contribution in [1.29, 1.82) is 5.41 Å². The third kappa shape index (κ3) is 21.7. The van der Waals surface area contributed by atoms with Crippen molar-refractivity contribution in [3.63, 3.8) is 0 Å². The standard InChI is InChI=1S/C24H46N6O5/c25-21(29-30-26)14-12-10-8-6-4-2-1-3-5-7-9-11-13-15-22(32)28-20(16-17-23(33)34)24(35)27-18-19-31/h20,31H,1-19H2,(H,27,35)(H,28,32)(H,33,34)(H3,25,26,29)/t20-/m0/s1. The van der Waals surface area contributed by atoms with Gasteiger partial charge in [-0.2, -0.15) is 0 Å². The number of carboxylic acids is 1. The Kier molecular flexibility index (Phi) is 21.5. The number of nitrogens with zero attached hydrogens (tertiary/aromatic N) is 2. The average Bonchev–Trinajstić information content (AvgIpc) is 2.82. The van der Waals surface area contributed by atoms with Crippen LogP contribution in [0.1, 0.15) is 109 Å². The molecule has 0 bridgehead atoms. The molecule has 0 saturated carbocycles. The molecule has 0 rings (SSSR count). The van der Waals surface area contributed by atoms with Crippen molar-refractivity contribution in [1.82, 2.24) is 10.6 Å². The molecule has 202 valence electrons. The Labute approximate surface area is 209 Å². The van der Waals surface area contributed by atoms with E-state index < -0.39 is 17.9 Å². The summed E-state index contributed by atoms with van der Waals surface area (Å²) < 4.78 is 0. The highest BCUT2D eigenvalue weighted by atomic mass is 16.4. The van der Waals surface area contributed by atoms with Crippen LogP contribution in [0.3, 0.4) is 0 Å². The summed E-state index contributed by atoms with van der Waals surface area (Å²) in [6.45, 7) is -0.153. The number of nitrogens with two attached hydrogens (primary N) is 1. The van der Waals surface area contributed by atoms with Gasteiger partial charge in [-0.15, -0.1) is 5.11 Å². The van der Waals surface area contributed by atoms with Crippen molar-refractivity contribution in [2.45, 2.75) is 115 Å². The van der Waals surface area contributed by atoms with E-state index in [0.717, 1.165) is 38.5 Å². The number of amides is 2. The van der Waals surface area contributed by atoms with Gasteiger partial charge in [-0.05, 0) is 19.3 Å². The third-order valence-corrected chi connectivity index (χ3v) is 5.71. The number of nitrogens with one attached hydrogen (secondary N) is 3. The summed E-state index contributed by atoms with van der Waals surface area (Å²) in [5.74, 6) is 3.41. The first-order valence-electron chi connectivity index (χ1n) is 13.0. The molecule has 35 heavy (non-hydrogen) atoms. The first-order valence-corrected chi connectivity index (χ1v) is 13.0. The van der Waals surface area contributed by atoms with E-state index in [4.69, 9.17) is 21.5 Å². The fourth-order valence-corrected chi connectivity index (χ4v) is 3.75. The molecular formula is C24H46N6O5. The van der Waals surface area contributed by atoms with Crippen LogP contribution >= 0.6 is 0 Å². The van der Waals surface area contributed by atoms with Crippen LogP contribution in [0.2, 0.25) is 0 Å². The fraction of sp³-hybridized carbons (Fsp3) is 0.833. The number of unbranched alkanes of at least 4 members (excludes halogenated alkanes) is 12. The summed E-state index contributed by atoms with van der Waals surface area (Å²) in [6, 6.07) is -0.895. The summed E-state index contributed by atoms with van der Waals surface area (Å²) in [4.78, 5) is 35.0. The predicted octanol–water partition coefficient (Wildman–Crippen LogP) is 3.60. The zero-order chi connectivity index (χ0) is 26.2. The number of aliphatic hydroxyl groups is 1. The third-order valence-electron chi connectivity index (χ3n) is 5.71. The van der Waals surface area contributed by atoms with Crippen LogP contribution in [-0.4, -0.2) is 53.0 Å². The van der Waals surface area contributed by atoms with Gasteiger partial charge in [0.1, 0.15) is 11.9 Å². The van der Waals surface area contributed by atoms with Crippen LogP contribution in [0.15, 0.2) is 10.3 Å². The van der Waals surface area contributed by atoms with Gasteiger partial charge in [0.2, 0.25) is 11.8 Å². The van der Waals surface area contributed by atoms with Crippen LogP contribution < -0.4 is 16.5 Å². The number of rotatable bonds is 23. The van der Waals surface area contributed by atoms with Crippen molar-refractivity contribution in [3.8, 4) is 0 Å². The van der Waals surface area contributed by atoms with Crippen LogP contribution in [0, 0.1) is 5.41 Å². The molecule has 2 amide bonds. The Morgan fingerprint density at radius 2 is 1.29 bits per heavy atom. The van der Waals surface area contributed by atoms with Crippen LogP contribution in [0.5, 0.6) is 0 Å². The summed E-state index contributed by atoms with van der Waals surface area (Å²) in [6.07, 6.45) is 15.4. The molecule has 0 saturated heterocycles. The molecule has 0 aliphatic rings. The van der Waals surface area contributed by atoms with E-state index in [0.29, 0.717) is 12.8 Å². The Hall–Kier alpha value is -2.56. The minimum Gasteiger partial charge on any atom is -0.481 e. The minimum absolute atomic E-state index is 0.0204. The summed E-state index contributed by atoms with van der Waals surface area (Å²) >= 11 is 0. The van der Waals surface area contributed by atoms with Gasteiger partial charge in [0.05, 0.1) is 6.61 Å². The van der Waals surface area contributed by atoms with Gasteiger partial charge < -0.3 is 26.7 Å². The molecule has 0 aromatic rings. The molecule has 0 aromatic carbocycles. The second kappa shape index (κ2) is 23.2. The molecule has 0 radical (unpaired) electrons. The minimum atomic E-state index is -1.03. The molecule has 0 fully saturated rings. The van der Waals surface area contributed by atoms with Gasteiger partial charge >= 0.3 is 5.97 Å². The normalized spacial score (nSPS) is 11.9. The Bertz CT molecular complexity index is 630. The lowest BCUT2D eigenvalue weighted by molar-refractivity contribution is -0.138. The van der Waals surface area contributed by atoms with Crippen LogP contribution in [0.25, 0.3) is 0 Å². The maximum Gasteiger partial charge on any atom is 0.303 e. The van der Waals surface area contributed by atoms with Gasteiger partial charge in [-0.25, -0.2) is 0 Å². The van der Waals surface area contributed by atoms with Gasteiger partial charge in [-0.1, -0.05) is 75.9 Å². The van der Waals surface area contributed by atoms with E-state index >= 15 is 0 Å². The van der Waals surface area contributed by atoms with E-state index in [1.165, 1.54) is 44.9 Å². The molecule has 0 unspecified atom stereocenters. The number of amidine groups is 1. The second-order valence-electron chi connectivity index (χ2n) is 8.83. The predicted molar refractivity (Wildman–Crippen MR) is 135 cm³/mol. The maximum absolute atomic E-state index is 12.1. The van der Waals surface area contributed by atoms with Crippen molar-refractivity contribution in [2.75, 3.05) is 13.2 Å². The number of hydrogen-bond acceptors (Lipinski definition) is 6. The molecule has 1 atom stereocenters. The molecule has 0 aromatic heterocycles.